The molecule has 31 heavy (non-hydrogen) atoms. The molecule has 0 aliphatic carbocycles. The molecule has 7 heteroatoms. The smallest absolute Gasteiger partial charge is 0.274 e. The summed E-state index contributed by atoms with van der Waals surface area (Å²) in [4.78, 5) is 22.7. The van der Waals surface area contributed by atoms with E-state index in [-0.39, 0.29) is 17.2 Å². The highest BCUT2D eigenvalue weighted by Crippen LogP contribution is 2.43. The zero-order chi connectivity index (χ0) is 21.2. The molecule has 3 aromatic rings. The number of benzene rings is 1. The maximum Gasteiger partial charge on any atom is 0.274 e. The van der Waals surface area contributed by atoms with Crippen LogP contribution in [0.2, 0.25) is 0 Å². The first kappa shape index (κ1) is 19.0. The number of hydrogen-bond donors (Lipinski definition) is 1. The van der Waals surface area contributed by atoms with Crippen LogP contribution in [0.25, 0.3) is 5.65 Å². The van der Waals surface area contributed by atoms with Crippen molar-refractivity contribution in [3.63, 3.8) is 0 Å². The first-order valence-electron chi connectivity index (χ1n) is 11.0. The van der Waals surface area contributed by atoms with E-state index in [4.69, 9.17) is 0 Å². The maximum atomic E-state index is 15.1. The van der Waals surface area contributed by atoms with Crippen LogP contribution in [0, 0.1) is 18.8 Å². The van der Waals surface area contributed by atoms with E-state index in [0.717, 1.165) is 44.8 Å². The third kappa shape index (κ3) is 2.91. The van der Waals surface area contributed by atoms with Crippen molar-refractivity contribution >= 4 is 11.6 Å². The van der Waals surface area contributed by atoms with Crippen molar-refractivity contribution in [1.82, 2.24) is 24.5 Å². The Morgan fingerprint density at radius 2 is 1.81 bits per heavy atom. The minimum Gasteiger partial charge on any atom is -0.346 e. The summed E-state index contributed by atoms with van der Waals surface area (Å²) in [6, 6.07) is 14.1. The molecule has 2 aromatic heterocycles. The highest BCUT2D eigenvalue weighted by atomic mass is 19.1. The van der Waals surface area contributed by atoms with Gasteiger partial charge in [-0.25, -0.2) is 4.98 Å². The van der Waals surface area contributed by atoms with Gasteiger partial charge >= 0.3 is 0 Å². The Bertz CT molecular complexity index is 1140. The van der Waals surface area contributed by atoms with Gasteiger partial charge in [0, 0.05) is 62.8 Å². The summed E-state index contributed by atoms with van der Waals surface area (Å²) in [7, 11) is 0. The molecule has 0 radical (unpaired) electrons. The minimum absolute atomic E-state index is 0.0565. The lowest BCUT2D eigenvalue weighted by Crippen LogP contribution is -2.70. The van der Waals surface area contributed by atoms with Crippen molar-refractivity contribution in [1.29, 1.82) is 0 Å². The summed E-state index contributed by atoms with van der Waals surface area (Å²) in [5.41, 5.74) is 2.28. The number of aromatic nitrogens is 2. The van der Waals surface area contributed by atoms with Gasteiger partial charge in [0.25, 0.3) is 5.91 Å². The van der Waals surface area contributed by atoms with Gasteiger partial charge in [-0.1, -0.05) is 36.4 Å². The van der Waals surface area contributed by atoms with Crippen LogP contribution in [0.1, 0.15) is 21.6 Å². The molecule has 3 atom stereocenters. The molecule has 7 rings (SSSR count). The maximum absolute atomic E-state index is 15.1. The van der Waals surface area contributed by atoms with Gasteiger partial charge in [0.2, 0.25) is 5.95 Å². The molecule has 4 aliphatic heterocycles. The number of imidazole rings is 1. The summed E-state index contributed by atoms with van der Waals surface area (Å²) >= 11 is 0. The van der Waals surface area contributed by atoms with Crippen molar-refractivity contribution in [2.45, 2.75) is 18.4 Å². The number of piperidine rings is 2. The average molecular weight is 420 g/mol. The highest BCUT2D eigenvalue weighted by molar-refractivity contribution is 5.93. The first-order valence-corrected chi connectivity index (χ1v) is 11.0. The van der Waals surface area contributed by atoms with E-state index in [9.17, 15) is 4.79 Å². The third-order valence-corrected chi connectivity index (χ3v) is 7.35. The van der Waals surface area contributed by atoms with Crippen molar-refractivity contribution in [2.24, 2.45) is 5.92 Å². The molecule has 1 N–H and O–H groups in total. The molecular formula is C24H26FN5O. The van der Waals surface area contributed by atoms with Gasteiger partial charge in [0.1, 0.15) is 5.65 Å². The van der Waals surface area contributed by atoms with Crippen LogP contribution in [-0.2, 0) is 5.41 Å². The van der Waals surface area contributed by atoms with E-state index < -0.39 is 11.9 Å². The fourth-order valence-corrected chi connectivity index (χ4v) is 6.04. The van der Waals surface area contributed by atoms with E-state index in [0.29, 0.717) is 11.6 Å². The molecule has 0 spiro atoms. The Kier molecular flexibility index (Phi) is 4.20. The molecule has 6 nitrogen and oxygen atoms in total. The van der Waals surface area contributed by atoms with Crippen molar-refractivity contribution < 1.29 is 9.18 Å². The number of halogens is 1. The van der Waals surface area contributed by atoms with Crippen LogP contribution in [0.15, 0.2) is 48.7 Å². The summed E-state index contributed by atoms with van der Waals surface area (Å²) < 4.78 is 16.4. The molecular weight excluding hydrogens is 393 g/mol. The van der Waals surface area contributed by atoms with Gasteiger partial charge < -0.3 is 15.1 Å². The number of carbonyl (C=O) groups excluding carboxylic acids is 1. The quantitative estimate of drug-likeness (QED) is 0.706. The topological polar surface area (TPSA) is 52.9 Å². The number of nitrogens with one attached hydrogen (secondary N) is 1. The number of rotatable bonds is 3. The summed E-state index contributed by atoms with van der Waals surface area (Å²) in [6.45, 7) is 7.75. The normalized spacial score (nSPS) is 31.7. The molecule has 4 saturated heterocycles. The standard InChI is InChI=1S/C24H26FN5O/c1-16-7-8-19-26-20(22(25)30(19)11-16)23(31)27-21-17-12-28-9-10-29(13-17)15-24(21,14-28)18-5-3-2-4-6-18/h2-8,11,17,21H,9-10,12-15H2,1H3,(H,27,31)/t17?,21-,24?/m1/s1. The predicted octanol–water partition coefficient (Wildman–Crippen LogP) is 2.08. The molecule has 0 saturated carbocycles. The van der Waals surface area contributed by atoms with Crippen molar-refractivity contribution in [3.05, 3.63) is 71.4 Å². The van der Waals surface area contributed by atoms with Crippen LogP contribution in [0.4, 0.5) is 4.39 Å². The van der Waals surface area contributed by atoms with E-state index in [2.05, 4.69) is 44.4 Å². The largest absolute Gasteiger partial charge is 0.346 e. The Hall–Kier alpha value is -2.77. The van der Waals surface area contributed by atoms with E-state index in [1.807, 2.05) is 19.1 Å². The molecule has 4 aliphatic rings. The fraction of sp³-hybridized carbons (Fsp3) is 0.417. The van der Waals surface area contributed by atoms with Gasteiger partial charge in [-0.3, -0.25) is 9.20 Å². The number of amides is 1. The summed E-state index contributed by atoms with van der Waals surface area (Å²) in [5.74, 6) is -0.717. The zero-order valence-corrected chi connectivity index (χ0v) is 17.6. The molecule has 4 bridgehead atoms. The molecule has 1 aromatic carbocycles. The van der Waals surface area contributed by atoms with Gasteiger partial charge in [0.05, 0.1) is 0 Å². The number of hydrogen-bond acceptors (Lipinski definition) is 4. The van der Waals surface area contributed by atoms with Crippen LogP contribution < -0.4 is 5.32 Å². The molecule has 2 unspecified atom stereocenters. The minimum atomic E-state index is -0.599. The van der Waals surface area contributed by atoms with Gasteiger partial charge in [-0.05, 0) is 24.1 Å². The van der Waals surface area contributed by atoms with Crippen molar-refractivity contribution in [2.75, 3.05) is 39.3 Å². The molecule has 6 heterocycles. The second-order valence-corrected chi connectivity index (χ2v) is 9.39. The van der Waals surface area contributed by atoms with E-state index >= 15 is 4.39 Å². The Morgan fingerprint density at radius 3 is 2.52 bits per heavy atom. The van der Waals surface area contributed by atoms with Crippen LogP contribution in [0.5, 0.6) is 0 Å². The number of fused-ring (bicyclic) bond motifs is 2. The average Bonchev–Trinajstić information content (AvgIpc) is 2.91. The van der Waals surface area contributed by atoms with E-state index in [1.54, 1.807) is 12.3 Å². The second-order valence-electron chi connectivity index (χ2n) is 9.39. The molecule has 1 amide bonds. The molecule has 4 fully saturated rings. The number of aryl methyl sites for hydroxylation is 1. The van der Waals surface area contributed by atoms with Crippen LogP contribution >= 0.6 is 0 Å². The van der Waals surface area contributed by atoms with Gasteiger partial charge in [-0.2, -0.15) is 4.39 Å². The Balaban J connectivity index is 1.39. The summed E-state index contributed by atoms with van der Waals surface area (Å²) in [6.07, 6.45) is 1.67. The number of pyridine rings is 1. The van der Waals surface area contributed by atoms with Crippen LogP contribution in [-0.4, -0.2) is 70.4 Å². The highest BCUT2D eigenvalue weighted by Gasteiger charge is 2.55. The lowest BCUT2D eigenvalue weighted by Gasteiger charge is -2.55. The number of carbonyl (C=O) groups is 1. The SMILES string of the molecule is Cc1ccc2nc(C(=O)N[C@@H]3C4CN5CCN(C4)CC3(c3ccccc3)C5)c(F)n2c1. The monoisotopic (exact) mass is 419 g/mol. The Labute approximate surface area is 180 Å². The van der Waals surface area contributed by atoms with E-state index in [1.165, 1.54) is 9.96 Å². The predicted molar refractivity (Wildman–Crippen MR) is 116 cm³/mol. The fourth-order valence-electron chi connectivity index (χ4n) is 6.04. The first-order chi connectivity index (χ1) is 15.0. The van der Waals surface area contributed by atoms with Gasteiger partial charge in [-0.15, -0.1) is 0 Å². The Morgan fingerprint density at radius 1 is 1.10 bits per heavy atom. The lowest BCUT2D eigenvalue weighted by atomic mass is 9.64. The second kappa shape index (κ2) is 6.87. The molecule has 160 valence electrons. The number of nitrogens with zero attached hydrogens (tertiary/aromatic N) is 4. The van der Waals surface area contributed by atoms with Gasteiger partial charge in [0.15, 0.2) is 5.69 Å². The van der Waals surface area contributed by atoms with Crippen LogP contribution in [0.3, 0.4) is 0 Å². The van der Waals surface area contributed by atoms with Crippen molar-refractivity contribution in [3.8, 4) is 0 Å². The lowest BCUT2D eigenvalue weighted by molar-refractivity contribution is 0.0178. The zero-order valence-electron chi connectivity index (χ0n) is 17.6. The summed E-state index contributed by atoms with van der Waals surface area (Å²) in [5, 5.41) is 3.25. The third-order valence-electron chi connectivity index (χ3n) is 7.35.